The maximum absolute atomic E-state index is 13.8. The molecule has 3 N–H and O–H groups in total. The molecule has 1 aliphatic heterocycles. The van der Waals surface area contributed by atoms with Crippen LogP contribution in [0.25, 0.3) is 22.4 Å². The minimum Gasteiger partial charge on any atom is -0.507 e. The van der Waals surface area contributed by atoms with Crippen LogP contribution in [-0.2, 0) is 9.59 Å². The Bertz CT molecular complexity index is 1590. The Balaban J connectivity index is 1.29. The van der Waals surface area contributed by atoms with Gasteiger partial charge in [0.1, 0.15) is 5.75 Å². The van der Waals surface area contributed by atoms with Gasteiger partial charge in [-0.05, 0) is 72.3 Å². The lowest BCUT2D eigenvalue weighted by atomic mass is 9.67. The first-order valence-electron chi connectivity index (χ1n) is 16.3. The van der Waals surface area contributed by atoms with Gasteiger partial charge in [-0.3, -0.25) is 14.5 Å². The van der Waals surface area contributed by atoms with Crippen LogP contribution in [0.5, 0.6) is 5.75 Å². The van der Waals surface area contributed by atoms with Crippen molar-refractivity contribution >= 4 is 34.2 Å². The van der Waals surface area contributed by atoms with Crippen LogP contribution in [0.2, 0.25) is 0 Å². The molecular weight excluding hydrogens is 550 g/mol. The van der Waals surface area contributed by atoms with E-state index in [0.29, 0.717) is 25.7 Å². The fourth-order valence-electron chi connectivity index (χ4n) is 8.04. The second-order valence-corrected chi connectivity index (χ2v) is 12.7. The van der Waals surface area contributed by atoms with Crippen LogP contribution in [0, 0.1) is 17.8 Å². The number of hydrogen-bond donors (Lipinski definition) is 3. The molecule has 0 unspecified atom stereocenters. The van der Waals surface area contributed by atoms with Crippen LogP contribution in [0.4, 0.5) is 0 Å². The zero-order valence-corrected chi connectivity index (χ0v) is 25.5. The summed E-state index contributed by atoms with van der Waals surface area (Å²) in [6, 6.07) is 21.4. The number of phenolic OH excluding ortho intramolecular Hbond substituents is 1. The van der Waals surface area contributed by atoms with Crippen LogP contribution < -0.4 is 0 Å². The lowest BCUT2D eigenvalue weighted by Gasteiger charge is -2.36. The minimum absolute atomic E-state index is 0.0401. The van der Waals surface area contributed by atoms with Gasteiger partial charge >= 0.3 is 0 Å². The van der Waals surface area contributed by atoms with Crippen molar-refractivity contribution in [1.29, 1.82) is 0 Å². The number of hydrogen-bond acceptors (Lipinski definition) is 5. The molecule has 2 amide bonds. The zero-order valence-electron chi connectivity index (χ0n) is 25.5. The number of nitrogens with zero attached hydrogens (tertiary/aromatic N) is 1. The molecule has 1 saturated carbocycles. The lowest BCUT2D eigenvalue weighted by Crippen LogP contribution is -2.42. The van der Waals surface area contributed by atoms with E-state index in [1.54, 1.807) is 6.07 Å². The van der Waals surface area contributed by atoms with E-state index in [1.165, 1.54) is 4.90 Å². The molecule has 230 valence electrons. The first-order chi connectivity index (χ1) is 21.4. The fourth-order valence-corrected chi connectivity index (χ4v) is 8.04. The Hall–Kier alpha value is -3.74. The molecule has 0 bridgehead atoms. The van der Waals surface area contributed by atoms with Crippen molar-refractivity contribution in [3.8, 4) is 5.75 Å². The molecule has 1 saturated heterocycles. The summed E-state index contributed by atoms with van der Waals surface area (Å²) in [5.74, 6) is -1.62. The molecule has 4 atom stereocenters. The summed E-state index contributed by atoms with van der Waals surface area (Å²) in [6.45, 7) is 1.76. The predicted molar refractivity (Wildman–Crippen MR) is 173 cm³/mol. The number of aliphatic hydroxyl groups excluding tert-OH is 2. The molecule has 0 radical (unpaired) electrons. The van der Waals surface area contributed by atoms with Gasteiger partial charge in [-0.1, -0.05) is 98.5 Å². The monoisotopic (exact) mass is 593 g/mol. The van der Waals surface area contributed by atoms with E-state index in [9.17, 15) is 24.9 Å². The number of rotatable bonds is 9. The third-order valence-corrected chi connectivity index (χ3v) is 10.2. The number of carbonyl (C=O) groups is 2. The summed E-state index contributed by atoms with van der Waals surface area (Å²) in [6.07, 6.45) is 8.30. The minimum atomic E-state index is -0.849. The van der Waals surface area contributed by atoms with Crippen molar-refractivity contribution in [3.63, 3.8) is 0 Å². The van der Waals surface area contributed by atoms with Gasteiger partial charge in [-0.2, -0.15) is 0 Å². The van der Waals surface area contributed by atoms with Gasteiger partial charge in [0.15, 0.2) is 0 Å². The summed E-state index contributed by atoms with van der Waals surface area (Å²) in [7, 11) is 0. The van der Waals surface area contributed by atoms with Gasteiger partial charge in [-0.15, -0.1) is 0 Å². The van der Waals surface area contributed by atoms with Gasteiger partial charge in [-0.25, -0.2) is 0 Å². The van der Waals surface area contributed by atoms with Gasteiger partial charge in [0, 0.05) is 17.3 Å². The topological polar surface area (TPSA) is 98.1 Å². The molecule has 3 aromatic rings. The van der Waals surface area contributed by atoms with Gasteiger partial charge in [0.25, 0.3) is 0 Å². The van der Waals surface area contributed by atoms with Gasteiger partial charge in [0.2, 0.25) is 11.8 Å². The summed E-state index contributed by atoms with van der Waals surface area (Å²) in [5, 5.41) is 34.6. The first-order valence-corrected chi connectivity index (χ1v) is 16.3. The number of amides is 2. The Kier molecular flexibility index (Phi) is 9.01. The molecule has 0 spiro atoms. The number of allylic oxidation sites excluding steroid dienone is 2. The third kappa shape index (κ3) is 5.62. The zero-order chi connectivity index (χ0) is 30.8. The van der Waals surface area contributed by atoms with E-state index < -0.39 is 23.9 Å². The molecule has 6 nitrogen and oxygen atoms in total. The average molecular weight is 594 g/mol. The van der Waals surface area contributed by atoms with Crippen LogP contribution in [0.3, 0.4) is 0 Å². The second kappa shape index (κ2) is 13.1. The van der Waals surface area contributed by atoms with Crippen molar-refractivity contribution in [2.24, 2.45) is 17.8 Å². The maximum Gasteiger partial charge on any atom is 0.234 e. The Labute approximate surface area is 259 Å². The van der Waals surface area contributed by atoms with E-state index in [-0.39, 0.29) is 30.2 Å². The number of likely N-dealkylation sites (tertiary alicyclic amines) is 1. The summed E-state index contributed by atoms with van der Waals surface area (Å²) in [4.78, 5) is 29.0. The van der Waals surface area contributed by atoms with E-state index in [0.717, 1.165) is 70.7 Å². The number of imide groups is 1. The van der Waals surface area contributed by atoms with Gasteiger partial charge in [0.05, 0.1) is 24.5 Å². The number of carbonyl (C=O) groups excluding carboxylic acids is 2. The predicted octanol–water partition coefficient (Wildman–Crippen LogP) is 6.88. The summed E-state index contributed by atoms with van der Waals surface area (Å²) >= 11 is 0. The van der Waals surface area contributed by atoms with E-state index in [2.05, 4.69) is 18.2 Å². The molecular formula is C38H43NO5. The number of fused-ring (bicyclic) bond motifs is 2. The molecule has 44 heavy (non-hydrogen) atoms. The van der Waals surface area contributed by atoms with E-state index in [1.807, 2.05) is 55.5 Å². The van der Waals surface area contributed by atoms with Crippen molar-refractivity contribution < 1.29 is 24.9 Å². The highest BCUT2D eigenvalue weighted by Crippen LogP contribution is 2.48. The lowest BCUT2D eigenvalue weighted by molar-refractivity contribution is -0.143. The first kappa shape index (κ1) is 30.3. The molecule has 1 heterocycles. The third-order valence-electron chi connectivity index (χ3n) is 10.2. The maximum atomic E-state index is 13.8. The fraction of sp³-hybridized carbons (Fsp3) is 0.421. The van der Waals surface area contributed by atoms with Crippen LogP contribution in [0.1, 0.15) is 75.8 Å². The van der Waals surface area contributed by atoms with Crippen molar-refractivity contribution in [2.45, 2.75) is 76.9 Å². The quantitative estimate of drug-likeness (QED) is 0.143. The highest BCUT2D eigenvalue weighted by molar-refractivity contribution is 6.06. The standard InChI is InChI=1S/C38H43NO5/c1-2-24-22-31-36(38(44)39(37(31)43)28-13-7-4-8-14-28)32(23-40)35(24)34(42)20-17-26(25-11-5-3-6-12-25)21-27-18-19-33(41)30-16-10-9-15-29(27)30/h3,5-6,9-12,15-16,18-19,21,28,31-32,34,36,40-42H,2,4,7-8,13-14,17,20,22-23H2,1H3/b26-21-/t31-,32+,34-,36-/m1/s1. The second-order valence-electron chi connectivity index (χ2n) is 12.7. The molecule has 6 heteroatoms. The van der Waals surface area contributed by atoms with Crippen molar-refractivity contribution in [3.05, 3.63) is 89.0 Å². The number of benzene rings is 3. The summed E-state index contributed by atoms with van der Waals surface area (Å²) < 4.78 is 0. The normalized spacial score (nSPS) is 23.8. The molecule has 6 rings (SSSR count). The van der Waals surface area contributed by atoms with Gasteiger partial charge < -0.3 is 15.3 Å². The van der Waals surface area contributed by atoms with Crippen LogP contribution in [-0.4, -0.2) is 50.8 Å². The van der Waals surface area contributed by atoms with Crippen molar-refractivity contribution in [2.75, 3.05) is 6.61 Å². The SMILES string of the molecule is CCC1=C([C@H](O)CC/C(=C/c2ccc(O)c3ccccc23)c2ccccc2)[C@H](CO)[C@@H]2C(=O)N(C3CCCCC3)C(=O)[C@@H]2C1. The summed E-state index contributed by atoms with van der Waals surface area (Å²) in [5.41, 5.74) is 4.82. The number of phenols is 1. The van der Waals surface area contributed by atoms with Crippen LogP contribution in [0.15, 0.2) is 77.9 Å². The smallest absolute Gasteiger partial charge is 0.234 e. The highest BCUT2D eigenvalue weighted by Gasteiger charge is 2.56. The molecule has 2 fully saturated rings. The highest BCUT2D eigenvalue weighted by atomic mass is 16.3. The molecule has 3 aliphatic rings. The molecule has 3 aromatic carbocycles. The Morgan fingerprint density at radius 2 is 1.64 bits per heavy atom. The molecule has 2 aliphatic carbocycles. The average Bonchev–Trinajstić information content (AvgIpc) is 3.32. The Morgan fingerprint density at radius 3 is 2.34 bits per heavy atom. The number of aromatic hydroxyl groups is 1. The van der Waals surface area contributed by atoms with E-state index >= 15 is 0 Å². The Morgan fingerprint density at radius 1 is 0.932 bits per heavy atom. The van der Waals surface area contributed by atoms with Crippen molar-refractivity contribution in [1.82, 2.24) is 4.90 Å². The van der Waals surface area contributed by atoms with E-state index in [4.69, 9.17) is 0 Å². The largest absolute Gasteiger partial charge is 0.507 e. The van der Waals surface area contributed by atoms with Crippen LogP contribution >= 0.6 is 0 Å². The number of aliphatic hydroxyl groups is 2. The molecule has 0 aromatic heterocycles.